The monoisotopic (exact) mass is 235 g/mol. The zero-order valence-electron chi connectivity index (χ0n) is 10.3. The van der Waals surface area contributed by atoms with E-state index in [9.17, 15) is 0 Å². The maximum atomic E-state index is 9.11. The van der Waals surface area contributed by atoms with E-state index in [0.29, 0.717) is 12.5 Å². The van der Waals surface area contributed by atoms with Crippen LogP contribution in [0.1, 0.15) is 31.4 Å². The van der Waals surface area contributed by atoms with Crippen molar-refractivity contribution in [1.82, 2.24) is 4.98 Å². The van der Waals surface area contributed by atoms with Crippen molar-refractivity contribution in [3.05, 3.63) is 23.9 Å². The SMILES string of the molecule is C[C@@H](N)c1ccnc(N2CCC(CO)CC2)c1. The van der Waals surface area contributed by atoms with Gasteiger partial charge in [-0.1, -0.05) is 0 Å². The molecule has 0 saturated carbocycles. The van der Waals surface area contributed by atoms with Crippen molar-refractivity contribution in [3.8, 4) is 0 Å². The van der Waals surface area contributed by atoms with E-state index in [0.717, 1.165) is 37.3 Å². The number of piperidine rings is 1. The molecule has 0 aliphatic carbocycles. The van der Waals surface area contributed by atoms with Gasteiger partial charge in [0.05, 0.1) is 0 Å². The van der Waals surface area contributed by atoms with Gasteiger partial charge in [-0.2, -0.15) is 0 Å². The predicted octanol–water partition coefficient (Wildman–Crippen LogP) is 1.31. The first-order valence-electron chi connectivity index (χ1n) is 6.28. The molecular formula is C13H21N3O. The molecule has 1 aliphatic heterocycles. The Labute approximate surface area is 102 Å². The van der Waals surface area contributed by atoms with Gasteiger partial charge >= 0.3 is 0 Å². The van der Waals surface area contributed by atoms with Gasteiger partial charge in [-0.25, -0.2) is 4.98 Å². The second-order valence-corrected chi connectivity index (χ2v) is 4.85. The number of aliphatic hydroxyl groups excluding tert-OH is 1. The molecule has 3 N–H and O–H groups in total. The van der Waals surface area contributed by atoms with Crippen LogP contribution >= 0.6 is 0 Å². The van der Waals surface area contributed by atoms with E-state index in [2.05, 4.69) is 16.0 Å². The highest BCUT2D eigenvalue weighted by Crippen LogP contribution is 2.23. The van der Waals surface area contributed by atoms with Gasteiger partial charge < -0.3 is 15.7 Å². The summed E-state index contributed by atoms with van der Waals surface area (Å²) in [5.74, 6) is 1.47. The lowest BCUT2D eigenvalue weighted by Crippen LogP contribution is -2.35. The van der Waals surface area contributed by atoms with Gasteiger partial charge in [-0.05, 0) is 43.4 Å². The lowest BCUT2D eigenvalue weighted by Gasteiger charge is -2.32. The maximum Gasteiger partial charge on any atom is 0.128 e. The third-order valence-electron chi connectivity index (χ3n) is 3.49. The fourth-order valence-corrected chi connectivity index (χ4v) is 2.23. The predicted molar refractivity (Wildman–Crippen MR) is 68.9 cm³/mol. The number of pyridine rings is 1. The van der Waals surface area contributed by atoms with Crippen LogP contribution in [0.2, 0.25) is 0 Å². The largest absolute Gasteiger partial charge is 0.396 e. The highest BCUT2D eigenvalue weighted by atomic mass is 16.3. The zero-order valence-corrected chi connectivity index (χ0v) is 10.3. The number of nitrogens with zero attached hydrogens (tertiary/aromatic N) is 2. The quantitative estimate of drug-likeness (QED) is 0.829. The van der Waals surface area contributed by atoms with Crippen LogP contribution in [0, 0.1) is 5.92 Å². The third kappa shape index (κ3) is 2.96. The second-order valence-electron chi connectivity index (χ2n) is 4.85. The zero-order chi connectivity index (χ0) is 12.3. The Hall–Kier alpha value is -1.13. The van der Waals surface area contributed by atoms with E-state index in [-0.39, 0.29) is 6.04 Å². The molecule has 0 bridgehead atoms. The summed E-state index contributed by atoms with van der Waals surface area (Å²) in [5.41, 5.74) is 7.00. The minimum atomic E-state index is 0.0479. The molecule has 1 atom stereocenters. The summed E-state index contributed by atoms with van der Waals surface area (Å²) < 4.78 is 0. The number of nitrogens with two attached hydrogens (primary N) is 1. The second kappa shape index (κ2) is 5.47. The minimum absolute atomic E-state index is 0.0479. The first-order valence-corrected chi connectivity index (χ1v) is 6.28. The molecule has 0 unspecified atom stereocenters. The average molecular weight is 235 g/mol. The highest BCUT2D eigenvalue weighted by Gasteiger charge is 2.19. The van der Waals surface area contributed by atoms with Crippen LogP contribution in [0.3, 0.4) is 0 Å². The van der Waals surface area contributed by atoms with Crippen LogP contribution in [-0.2, 0) is 0 Å². The Kier molecular flexibility index (Phi) is 3.97. The van der Waals surface area contributed by atoms with Crippen molar-refractivity contribution in [3.63, 3.8) is 0 Å². The normalized spacial score (nSPS) is 19.4. The van der Waals surface area contributed by atoms with Gasteiger partial charge in [0, 0.05) is 31.9 Å². The first-order chi connectivity index (χ1) is 8.20. The minimum Gasteiger partial charge on any atom is -0.396 e. The number of anilines is 1. The van der Waals surface area contributed by atoms with Crippen LogP contribution in [0.4, 0.5) is 5.82 Å². The van der Waals surface area contributed by atoms with Crippen molar-refractivity contribution in [2.24, 2.45) is 11.7 Å². The summed E-state index contributed by atoms with van der Waals surface area (Å²) in [4.78, 5) is 6.68. The van der Waals surface area contributed by atoms with Gasteiger partial charge in [-0.15, -0.1) is 0 Å². The number of hydrogen-bond donors (Lipinski definition) is 2. The molecule has 0 radical (unpaired) electrons. The Balaban J connectivity index is 2.05. The number of hydrogen-bond acceptors (Lipinski definition) is 4. The van der Waals surface area contributed by atoms with Gasteiger partial charge in [0.25, 0.3) is 0 Å². The van der Waals surface area contributed by atoms with Crippen LogP contribution < -0.4 is 10.6 Å². The van der Waals surface area contributed by atoms with Gasteiger partial charge in [0.15, 0.2) is 0 Å². The summed E-state index contributed by atoms with van der Waals surface area (Å²) in [6.45, 7) is 4.24. The van der Waals surface area contributed by atoms with E-state index in [1.54, 1.807) is 0 Å². The molecule has 0 amide bonds. The van der Waals surface area contributed by atoms with Crippen LogP contribution in [0.25, 0.3) is 0 Å². The molecule has 0 aromatic carbocycles. The van der Waals surface area contributed by atoms with E-state index < -0.39 is 0 Å². The summed E-state index contributed by atoms with van der Waals surface area (Å²) in [7, 11) is 0. The molecule has 1 aromatic rings. The maximum absolute atomic E-state index is 9.11. The molecule has 1 fully saturated rings. The van der Waals surface area contributed by atoms with Gasteiger partial charge in [0.1, 0.15) is 5.82 Å². The highest BCUT2D eigenvalue weighted by molar-refractivity contribution is 5.42. The summed E-state index contributed by atoms with van der Waals surface area (Å²) >= 11 is 0. The molecule has 1 aliphatic rings. The molecule has 4 nitrogen and oxygen atoms in total. The topological polar surface area (TPSA) is 62.4 Å². The van der Waals surface area contributed by atoms with E-state index in [1.165, 1.54) is 0 Å². The van der Waals surface area contributed by atoms with Crippen molar-refractivity contribution in [2.45, 2.75) is 25.8 Å². The average Bonchev–Trinajstić information content (AvgIpc) is 2.39. The lowest BCUT2D eigenvalue weighted by molar-refractivity contribution is 0.203. The smallest absolute Gasteiger partial charge is 0.128 e. The van der Waals surface area contributed by atoms with Crippen LogP contribution in [0.15, 0.2) is 18.3 Å². The Morgan fingerprint density at radius 2 is 2.24 bits per heavy atom. The van der Waals surface area contributed by atoms with Crippen LogP contribution in [0.5, 0.6) is 0 Å². The van der Waals surface area contributed by atoms with Gasteiger partial charge in [-0.3, -0.25) is 0 Å². The lowest BCUT2D eigenvalue weighted by atomic mass is 9.98. The first kappa shape index (κ1) is 12.3. The Morgan fingerprint density at radius 1 is 1.53 bits per heavy atom. The number of rotatable bonds is 3. The van der Waals surface area contributed by atoms with E-state index in [4.69, 9.17) is 10.8 Å². The van der Waals surface area contributed by atoms with Crippen molar-refractivity contribution >= 4 is 5.82 Å². The summed E-state index contributed by atoms with van der Waals surface area (Å²) in [5, 5.41) is 9.11. The van der Waals surface area contributed by atoms with Crippen molar-refractivity contribution in [1.29, 1.82) is 0 Å². The summed E-state index contributed by atoms with van der Waals surface area (Å²) in [6.07, 6.45) is 3.91. The van der Waals surface area contributed by atoms with E-state index >= 15 is 0 Å². The Morgan fingerprint density at radius 3 is 2.82 bits per heavy atom. The van der Waals surface area contributed by atoms with Crippen molar-refractivity contribution < 1.29 is 5.11 Å². The molecule has 2 heterocycles. The molecule has 1 aromatic heterocycles. The molecule has 4 heteroatoms. The molecule has 17 heavy (non-hydrogen) atoms. The third-order valence-corrected chi connectivity index (χ3v) is 3.49. The summed E-state index contributed by atoms with van der Waals surface area (Å²) in [6, 6.07) is 4.09. The molecule has 1 saturated heterocycles. The van der Waals surface area contributed by atoms with Crippen LogP contribution in [-0.4, -0.2) is 29.8 Å². The molecule has 0 spiro atoms. The fraction of sp³-hybridized carbons (Fsp3) is 0.615. The van der Waals surface area contributed by atoms with E-state index in [1.807, 2.05) is 19.2 Å². The number of aromatic nitrogens is 1. The molecule has 94 valence electrons. The standard InChI is InChI=1S/C13H21N3O/c1-10(14)12-2-5-15-13(8-12)16-6-3-11(9-17)4-7-16/h2,5,8,10-11,17H,3-4,6-7,9,14H2,1H3/t10-/m1/s1. The van der Waals surface area contributed by atoms with Crippen molar-refractivity contribution in [2.75, 3.05) is 24.6 Å². The Bertz CT molecular complexity index is 359. The molecule has 2 rings (SSSR count). The number of aliphatic hydroxyl groups is 1. The fourth-order valence-electron chi connectivity index (χ4n) is 2.23. The van der Waals surface area contributed by atoms with Gasteiger partial charge in [0.2, 0.25) is 0 Å². The molecular weight excluding hydrogens is 214 g/mol.